The molecule has 0 aliphatic heterocycles. The first kappa shape index (κ1) is 12.5. The van der Waals surface area contributed by atoms with E-state index in [9.17, 15) is 0 Å². The average Bonchev–Trinajstić information content (AvgIpc) is 2.89. The molecule has 0 radical (unpaired) electrons. The van der Waals surface area contributed by atoms with Crippen LogP contribution in [0.25, 0.3) is 11.0 Å². The van der Waals surface area contributed by atoms with Crippen LogP contribution in [-0.2, 0) is 6.42 Å². The van der Waals surface area contributed by atoms with Crippen LogP contribution in [0, 0.1) is 6.92 Å². The summed E-state index contributed by atoms with van der Waals surface area (Å²) in [5, 5.41) is 3.58. The van der Waals surface area contributed by atoms with E-state index in [0.717, 1.165) is 23.4 Å². The number of fused-ring (bicyclic) bond motifs is 2. The molecule has 2 N–H and O–H groups in total. The Kier molecular flexibility index (Phi) is 2.92. The molecule has 1 unspecified atom stereocenters. The molecule has 3 nitrogen and oxygen atoms in total. The first-order valence-electron chi connectivity index (χ1n) is 7.60. The molecule has 2 aromatic carbocycles. The lowest BCUT2D eigenvalue weighted by molar-refractivity contribution is 0.597. The lowest BCUT2D eigenvalue weighted by Crippen LogP contribution is -2.17. The number of imidazole rings is 1. The van der Waals surface area contributed by atoms with E-state index in [1.165, 1.54) is 29.5 Å². The third-order valence-corrected chi connectivity index (χ3v) is 4.32. The van der Waals surface area contributed by atoms with E-state index in [1.807, 2.05) is 0 Å². The van der Waals surface area contributed by atoms with Crippen molar-refractivity contribution in [1.29, 1.82) is 0 Å². The Morgan fingerprint density at radius 3 is 3.05 bits per heavy atom. The first-order chi connectivity index (χ1) is 10.3. The number of benzene rings is 2. The maximum atomic E-state index is 4.65. The number of aromatic nitrogens is 2. The fourth-order valence-corrected chi connectivity index (χ4v) is 3.26. The molecule has 3 heteroatoms. The number of anilines is 1. The molecule has 1 aromatic heterocycles. The van der Waals surface area contributed by atoms with Gasteiger partial charge in [-0.2, -0.15) is 0 Å². The minimum absolute atomic E-state index is 0.358. The van der Waals surface area contributed by atoms with Gasteiger partial charge in [-0.25, -0.2) is 4.98 Å². The second-order valence-electron chi connectivity index (χ2n) is 5.89. The first-order valence-corrected chi connectivity index (χ1v) is 7.60. The molecule has 0 saturated carbocycles. The van der Waals surface area contributed by atoms with Gasteiger partial charge in [0.15, 0.2) is 0 Å². The number of aryl methyl sites for hydroxylation is 2. The van der Waals surface area contributed by atoms with Crippen LogP contribution in [-0.4, -0.2) is 9.97 Å². The summed E-state index contributed by atoms with van der Waals surface area (Å²) in [6.45, 7) is 2.10. The Morgan fingerprint density at radius 1 is 1.19 bits per heavy atom. The topological polar surface area (TPSA) is 40.7 Å². The van der Waals surface area contributed by atoms with E-state index < -0.39 is 0 Å². The highest BCUT2D eigenvalue weighted by Gasteiger charge is 2.20. The van der Waals surface area contributed by atoms with Crippen molar-refractivity contribution < 1.29 is 0 Å². The average molecular weight is 277 g/mol. The minimum atomic E-state index is 0.358. The Morgan fingerprint density at radius 2 is 2.10 bits per heavy atom. The Labute approximate surface area is 124 Å². The maximum absolute atomic E-state index is 4.65. The predicted octanol–water partition coefficient (Wildman–Crippen LogP) is 4.36. The SMILES string of the molecule is Cc1ccc2nc(NC3CCCc4ccccc43)[nH]c2c1. The lowest BCUT2D eigenvalue weighted by Gasteiger charge is -2.26. The summed E-state index contributed by atoms with van der Waals surface area (Å²) in [5.41, 5.74) is 6.25. The largest absolute Gasteiger partial charge is 0.349 e. The fourth-order valence-electron chi connectivity index (χ4n) is 3.26. The van der Waals surface area contributed by atoms with Crippen molar-refractivity contribution in [3.63, 3.8) is 0 Å². The monoisotopic (exact) mass is 277 g/mol. The number of hydrogen-bond donors (Lipinski definition) is 2. The van der Waals surface area contributed by atoms with Crippen LogP contribution in [0.2, 0.25) is 0 Å². The molecule has 106 valence electrons. The molecule has 0 saturated heterocycles. The molecular formula is C18H19N3. The Bertz CT molecular complexity index is 788. The number of nitrogens with one attached hydrogen (secondary N) is 2. The van der Waals surface area contributed by atoms with Gasteiger partial charge in [0.05, 0.1) is 17.1 Å². The van der Waals surface area contributed by atoms with Crippen molar-refractivity contribution in [3.05, 3.63) is 59.2 Å². The predicted molar refractivity (Wildman–Crippen MR) is 86.6 cm³/mol. The molecule has 1 heterocycles. The quantitative estimate of drug-likeness (QED) is 0.730. The Balaban J connectivity index is 1.66. The van der Waals surface area contributed by atoms with Crippen LogP contribution in [0.3, 0.4) is 0 Å². The molecule has 21 heavy (non-hydrogen) atoms. The summed E-state index contributed by atoms with van der Waals surface area (Å²) in [5.74, 6) is 0.873. The van der Waals surface area contributed by atoms with Crippen molar-refractivity contribution in [1.82, 2.24) is 9.97 Å². The van der Waals surface area contributed by atoms with Gasteiger partial charge in [0.25, 0.3) is 0 Å². The standard InChI is InChI=1S/C18H19N3/c1-12-9-10-16-17(11-12)21-18(20-16)19-15-8-4-6-13-5-2-3-7-14(13)15/h2-3,5,7,9-11,15H,4,6,8H2,1H3,(H2,19,20,21). The van der Waals surface area contributed by atoms with Crippen LogP contribution in [0.15, 0.2) is 42.5 Å². The van der Waals surface area contributed by atoms with Gasteiger partial charge in [-0.15, -0.1) is 0 Å². The van der Waals surface area contributed by atoms with E-state index in [0.29, 0.717) is 6.04 Å². The molecule has 1 aliphatic carbocycles. The summed E-state index contributed by atoms with van der Waals surface area (Å²) in [6.07, 6.45) is 3.58. The summed E-state index contributed by atoms with van der Waals surface area (Å²) in [4.78, 5) is 8.05. The molecule has 0 bridgehead atoms. The highest BCUT2D eigenvalue weighted by molar-refractivity contribution is 5.78. The van der Waals surface area contributed by atoms with Crippen LogP contribution < -0.4 is 5.32 Å². The second-order valence-corrected chi connectivity index (χ2v) is 5.89. The molecule has 4 rings (SSSR count). The normalized spacial score (nSPS) is 17.7. The van der Waals surface area contributed by atoms with E-state index in [-0.39, 0.29) is 0 Å². The van der Waals surface area contributed by atoms with Crippen molar-refractivity contribution in [2.75, 3.05) is 5.32 Å². The second kappa shape index (κ2) is 4.92. The number of H-pyrrole nitrogens is 1. The highest BCUT2D eigenvalue weighted by atomic mass is 15.1. The van der Waals surface area contributed by atoms with Gasteiger partial charge in [-0.3, -0.25) is 0 Å². The van der Waals surface area contributed by atoms with Crippen molar-refractivity contribution in [2.24, 2.45) is 0 Å². The Hall–Kier alpha value is -2.29. The van der Waals surface area contributed by atoms with Crippen molar-refractivity contribution >= 4 is 17.0 Å². The van der Waals surface area contributed by atoms with Crippen LogP contribution in [0.5, 0.6) is 0 Å². The zero-order chi connectivity index (χ0) is 14.2. The fraction of sp³-hybridized carbons (Fsp3) is 0.278. The van der Waals surface area contributed by atoms with Crippen LogP contribution >= 0.6 is 0 Å². The maximum Gasteiger partial charge on any atom is 0.201 e. The van der Waals surface area contributed by atoms with Crippen LogP contribution in [0.4, 0.5) is 5.95 Å². The molecule has 1 aliphatic rings. The minimum Gasteiger partial charge on any atom is -0.349 e. The van der Waals surface area contributed by atoms with E-state index in [4.69, 9.17) is 0 Å². The highest BCUT2D eigenvalue weighted by Crippen LogP contribution is 2.32. The zero-order valence-electron chi connectivity index (χ0n) is 12.2. The summed E-state index contributed by atoms with van der Waals surface area (Å²) in [7, 11) is 0. The summed E-state index contributed by atoms with van der Waals surface area (Å²) in [6, 6.07) is 15.4. The van der Waals surface area contributed by atoms with Gasteiger partial charge >= 0.3 is 0 Å². The number of hydrogen-bond acceptors (Lipinski definition) is 2. The molecule has 0 fully saturated rings. The number of rotatable bonds is 2. The zero-order valence-corrected chi connectivity index (χ0v) is 12.2. The van der Waals surface area contributed by atoms with Gasteiger partial charge in [0, 0.05) is 0 Å². The smallest absolute Gasteiger partial charge is 0.201 e. The van der Waals surface area contributed by atoms with Crippen molar-refractivity contribution in [3.8, 4) is 0 Å². The third kappa shape index (κ3) is 2.29. The number of nitrogens with zero attached hydrogens (tertiary/aromatic N) is 1. The van der Waals surface area contributed by atoms with Crippen LogP contribution in [0.1, 0.15) is 35.6 Å². The van der Waals surface area contributed by atoms with E-state index in [2.05, 4.69) is 64.7 Å². The third-order valence-electron chi connectivity index (χ3n) is 4.32. The summed E-state index contributed by atoms with van der Waals surface area (Å²) < 4.78 is 0. The molecule has 0 amide bonds. The van der Waals surface area contributed by atoms with Gasteiger partial charge in [-0.05, 0) is 55.0 Å². The van der Waals surface area contributed by atoms with Gasteiger partial charge in [0.1, 0.15) is 0 Å². The van der Waals surface area contributed by atoms with E-state index >= 15 is 0 Å². The van der Waals surface area contributed by atoms with Gasteiger partial charge in [0.2, 0.25) is 5.95 Å². The number of aromatic amines is 1. The molecule has 0 spiro atoms. The van der Waals surface area contributed by atoms with Gasteiger partial charge in [-0.1, -0.05) is 30.3 Å². The van der Waals surface area contributed by atoms with Gasteiger partial charge < -0.3 is 10.3 Å². The van der Waals surface area contributed by atoms with Crippen molar-refractivity contribution in [2.45, 2.75) is 32.2 Å². The molecular weight excluding hydrogens is 258 g/mol. The lowest BCUT2D eigenvalue weighted by atomic mass is 9.88. The molecule has 3 aromatic rings. The summed E-state index contributed by atoms with van der Waals surface area (Å²) >= 11 is 0. The molecule has 1 atom stereocenters. The van der Waals surface area contributed by atoms with E-state index in [1.54, 1.807) is 0 Å².